The number of anilines is 1. The van der Waals surface area contributed by atoms with Crippen LogP contribution in [0, 0.1) is 17.7 Å². The Labute approximate surface area is 205 Å². The first kappa shape index (κ1) is 23.5. The monoisotopic (exact) mass is 476 g/mol. The number of hydrogen-bond donors (Lipinski definition) is 3. The number of likely N-dealkylation sites (tertiary alicyclic amines) is 1. The maximum absolute atomic E-state index is 13.3. The maximum Gasteiger partial charge on any atom is 0.228 e. The molecule has 0 bridgehead atoms. The van der Waals surface area contributed by atoms with Crippen molar-refractivity contribution in [2.75, 3.05) is 18.4 Å². The number of carbonyl (C=O) groups excluding carboxylic acids is 2. The Balaban J connectivity index is 1.32. The highest BCUT2D eigenvalue weighted by molar-refractivity contribution is 5.93. The van der Waals surface area contributed by atoms with Crippen LogP contribution in [0.5, 0.6) is 0 Å². The van der Waals surface area contributed by atoms with Crippen LogP contribution in [0.2, 0.25) is 0 Å². The van der Waals surface area contributed by atoms with E-state index in [9.17, 15) is 14.0 Å². The smallest absolute Gasteiger partial charge is 0.228 e. The van der Waals surface area contributed by atoms with E-state index < -0.39 is 0 Å². The number of nitrogens with zero attached hydrogens (tertiary/aromatic N) is 1. The second-order valence-corrected chi connectivity index (χ2v) is 10.0. The van der Waals surface area contributed by atoms with E-state index in [0.717, 1.165) is 42.1 Å². The molecule has 1 saturated heterocycles. The van der Waals surface area contributed by atoms with Crippen molar-refractivity contribution in [1.29, 1.82) is 0 Å². The molecule has 1 aliphatic carbocycles. The number of piperidine rings is 1. The van der Waals surface area contributed by atoms with Gasteiger partial charge in [-0.2, -0.15) is 0 Å². The fraction of sp³-hybridized carbons (Fsp3) is 0.429. The van der Waals surface area contributed by atoms with E-state index in [1.54, 1.807) is 12.1 Å². The number of hydrogen-bond acceptors (Lipinski definition) is 3. The normalized spacial score (nSPS) is 21.6. The second kappa shape index (κ2) is 10.6. The van der Waals surface area contributed by atoms with Crippen molar-refractivity contribution in [2.45, 2.75) is 51.1 Å². The molecular weight excluding hydrogens is 443 g/mol. The maximum atomic E-state index is 13.3. The zero-order valence-electron chi connectivity index (χ0n) is 19.9. The van der Waals surface area contributed by atoms with Gasteiger partial charge in [-0.05, 0) is 55.2 Å². The quantitative estimate of drug-likeness (QED) is 0.477. The number of amides is 2. The Morgan fingerprint density at radius 2 is 1.66 bits per heavy atom. The van der Waals surface area contributed by atoms with Crippen LogP contribution in [0.4, 0.5) is 10.1 Å². The molecule has 1 aromatic heterocycles. The van der Waals surface area contributed by atoms with Crippen molar-refractivity contribution in [3.63, 3.8) is 0 Å². The van der Waals surface area contributed by atoms with E-state index in [1.807, 2.05) is 18.3 Å². The zero-order valence-corrected chi connectivity index (χ0v) is 19.9. The number of halogens is 1. The standard InChI is InChI=1S/C28H33FN4O2/c29-22-10-12-24(13-11-22)32-28(35)20-14-19(27(34)31-23-6-2-1-3-7-23)16-33(17-20)18-21-15-30-26-9-5-4-8-25(21)26/h4-5,8-13,15,19-20,23,30H,1-3,6-7,14,16-18H2,(H,31,34)(H,32,35)/t19-,20+/m0/s1. The summed E-state index contributed by atoms with van der Waals surface area (Å²) in [6.45, 7) is 1.86. The predicted molar refractivity (Wildman–Crippen MR) is 135 cm³/mol. The molecule has 5 rings (SSSR count). The zero-order chi connectivity index (χ0) is 24.2. The fourth-order valence-electron chi connectivity index (χ4n) is 5.55. The minimum atomic E-state index is -0.343. The van der Waals surface area contributed by atoms with Crippen molar-refractivity contribution in [2.24, 2.45) is 11.8 Å². The molecular formula is C28H33FN4O2. The summed E-state index contributed by atoms with van der Waals surface area (Å²) < 4.78 is 13.3. The predicted octanol–water partition coefficient (Wildman–Crippen LogP) is 4.83. The summed E-state index contributed by atoms with van der Waals surface area (Å²) in [6.07, 6.45) is 8.15. The lowest BCUT2D eigenvalue weighted by Gasteiger charge is -2.37. The Morgan fingerprint density at radius 1 is 0.943 bits per heavy atom. The highest BCUT2D eigenvalue weighted by atomic mass is 19.1. The molecule has 35 heavy (non-hydrogen) atoms. The van der Waals surface area contributed by atoms with Crippen LogP contribution < -0.4 is 10.6 Å². The van der Waals surface area contributed by atoms with Gasteiger partial charge >= 0.3 is 0 Å². The number of carbonyl (C=O) groups is 2. The van der Waals surface area contributed by atoms with Crippen LogP contribution in [0.1, 0.15) is 44.1 Å². The number of aromatic nitrogens is 1. The molecule has 2 heterocycles. The number of benzene rings is 2. The highest BCUT2D eigenvalue weighted by Gasteiger charge is 2.36. The van der Waals surface area contributed by atoms with Crippen molar-refractivity contribution in [1.82, 2.24) is 15.2 Å². The van der Waals surface area contributed by atoms with E-state index in [2.05, 4.69) is 32.7 Å². The largest absolute Gasteiger partial charge is 0.361 e. The number of para-hydroxylation sites is 1. The van der Waals surface area contributed by atoms with Crippen molar-refractivity contribution in [3.05, 3.63) is 66.1 Å². The van der Waals surface area contributed by atoms with Gasteiger partial charge in [0.05, 0.1) is 11.8 Å². The number of rotatable bonds is 6. The third kappa shape index (κ3) is 5.73. The van der Waals surface area contributed by atoms with Gasteiger partial charge in [0, 0.05) is 48.5 Å². The average molecular weight is 477 g/mol. The molecule has 184 valence electrons. The van der Waals surface area contributed by atoms with Gasteiger partial charge in [-0.25, -0.2) is 4.39 Å². The summed E-state index contributed by atoms with van der Waals surface area (Å²) in [7, 11) is 0. The Bertz CT molecular complexity index is 1170. The van der Waals surface area contributed by atoms with Gasteiger partial charge in [-0.3, -0.25) is 14.5 Å². The lowest BCUT2D eigenvalue weighted by atomic mass is 9.86. The molecule has 3 N–H and O–H groups in total. The van der Waals surface area contributed by atoms with E-state index in [1.165, 1.54) is 18.6 Å². The van der Waals surface area contributed by atoms with E-state index >= 15 is 0 Å². The Hall–Kier alpha value is -3.19. The van der Waals surface area contributed by atoms with E-state index in [-0.39, 0.29) is 35.5 Å². The van der Waals surface area contributed by atoms with Crippen molar-refractivity contribution < 1.29 is 14.0 Å². The van der Waals surface area contributed by atoms with E-state index in [0.29, 0.717) is 31.7 Å². The molecule has 1 aliphatic heterocycles. The SMILES string of the molecule is O=C(Nc1ccc(F)cc1)[C@@H]1C[C@H](C(=O)NC2CCCCC2)CN(Cc2c[nH]c3ccccc23)C1. The number of aromatic amines is 1. The highest BCUT2D eigenvalue weighted by Crippen LogP contribution is 2.28. The number of fused-ring (bicyclic) bond motifs is 1. The minimum absolute atomic E-state index is 0.0557. The van der Waals surface area contributed by atoms with Gasteiger partial charge in [0.15, 0.2) is 0 Å². The van der Waals surface area contributed by atoms with Gasteiger partial charge < -0.3 is 15.6 Å². The fourth-order valence-corrected chi connectivity index (χ4v) is 5.55. The van der Waals surface area contributed by atoms with Crippen molar-refractivity contribution in [3.8, 4) is 0 Å². The first-order valence-electron chi connectivity index (χ1n) is 12.7. The molecule has 0 spiro atoms. The van der Waals surface area contributed by atoms with Crippen LogP contribution >= 0.6 is 0 Å². The van der Waals surface area contributed by atoms with Crippen LogP contribution in [0.3, 0.4) is 0 Å². The molecule has 0 unspecified atom stereocenters. The summed E-state index contributed by atoms with van der Waals surface area (Å²) in [6, 6.07) is 14.2. The molecule has 3 aromatic rings. The van der Waals surface area contributed by atoms with Crippen LogP contribution in [0.25, 0.3) is 10.9 Å². The minimum Gasteiger partial charge on any atom is -0.361 e. The average Bonchev–Trinajstić information content (AvgIpc) is 3.28. The van der Waals surface area contributed by atoms with Gasteiger partial charge in [0.25, 0.3) is 0 Å². The van der Waals surface area contributed by atoms with Crippen LogP contribution in [-0.4, -0.2) is 40.8 Å². The van der Waals surface area contributed by atoms with Gasteiger partial charge in [-0.15, -0.1) is 0 Å². The molecule has 2 aliphatic rings. The number of H-pyrrole nitrogens is 1. The summed E-state index contributed by atoms with van der Waals surface area (Å²) in [5.74, 6) is -0.998. The molecule has 2 amide bonds. The molecule has 1 saturated carbocycles. The van der Waals surface area contributed by atoms with Gasteiger partial charge in [0.2, 0.25) is 11.8 Å². The third-order valence-corrected chi connectivity index (χ3v) is 7.40. The van der Waals surface area contributed by atoms with Gasteiger partial charge in [-0.1, -0.05) is 37.5 Å². The molecule has 7 heteroatoms. The molecule has 0 radical (unpaired) electrons. The van der Waals surface area contributed by atoms with E-state index in [4.69, 9.17) is 0 Å². The molecule has 2 atom stereocenters. The van der Waals surface area contributed by atoms with Crippen LogP contribution in [-0.2, 0) is 16.1 Å². The van der Waals surface area contributed by atoms with Crippen molar-refractivity contribution >= 4 is 28.4 Å². The summed E-state index contributed by atoms with van der Waals surface area (Å²) in [5, 5.41) is 7.35. The van der Waals surface area contributed by atoms with Gasteiger partial charge in [0.1, 0.15) is 5.82 Å². The molecule has 6 nitrogen and oxygen atoms in total. The summed E-state index contributed by atoms with van der Waals surface area (Å²) in [5.41, 5.74) is 2.80. The topological polar surface area (TPSA) is 77.2 Å². The molecule has 2 aromatic carbocycles. The Morgan fingerprint density at radius 3 is 2.43 bits per heavy atom. The summed E-state index contributed by atoms with van der Waals surface area (Å²) in [4.78, 5) is 32.0. The lowest BCUT2D eigenvalue weighted by molar-refractivity contribution is -0.130. The second-order valence-electron chi connectivity index (χ2n) is 10.0. The third-order valence-electron chi connectivity index (χ3n) is 7.40. The summed E-state index contributed by atoms with van der Waals surface area (Å²) >= 11 is 0. The first-order valence-corrected chi connectivity index (χ1v) is 12.7. The lowest BCUT2D eigenvalue weighted by Crippen LogP contribution is -2.50. The first-order chi connectivity index (χ1) is 17.0. The van der Waals surface area contributed by atoms with Crippen LogP contribution in [0.15, 0.2) is 54.7 Å². The molecule has 2 fully saturated rings. The number of nitrogens with one attached hydrogen (secondary N) is 3. The Kier molecular flexibility index (Phi) is 7.13.